The van der Waals surface area contributed by atoms with Crippen LogP contribution in [0.15, 0.2) is 41.3 Å². The molecule has 0 saturated carbocycles. The number of H-pyrrole nitrogens is 1. The Kier molecular flexibility index (Phi) is 3.28. The number of hydrogen-bond acceptors (Lipinski definition) is 2. The first-order valence-electron chi connectivity index (χ1n) is 5.63. The van der Waals surface area contributed by atoms with Crippen LogP contribution in [0.4, 0.5) is 5.69 Å². The molecule has 92 valence electrons. The van der Waals surface area contributed by atoms with Crippen molar-refractivity contribution in [2.45, 2.75) is 13.8 Å². The molecule has 4 nitrogen and oxygen atoms in total. The first-order valence-corrected chi connectivity index (χ1v) is 5.63. The van der Waals surface area contributed by atoms with Crippen molar-refractivity contribution in [1.29, 1.82) is 0 Å². The SMILES string of the molecule is Cc1cc(C)cc(NC(=O)c2cc(=O)cc[nH]2)c1. The lowest BCUT2D eigenvalue weighted by Gasteiger charge is -2.07. The molecule has 1 aromatic carbocycles. The van der Waals surface area contributed by atoms with E-state index in [0.29, 0.717) is 0 Å². The highest BCUT2D eigenvalue weighted by atomic mass is 16.2. The minimum Gasteiger partial charge on any atom is -0.357 e. The van der Waals surface area contributed by atoms with E-state index in [1.54, 1.807) is 0 Å². The van der Waals surface area contributed by atoms with E-state index in [4.69, 9.17) is 0 Å². The summed E-state index contributed by atoms with van der Waals surface area (Å²) in [7, 11) is 0. The van der Waals surface area contributed by atoms with Crippen LogP contribution in [0.2, 0.25) is 0 Å². The molecule has 0 spiro atoms. The second-order valence-electron chi connectivity index (χ2n) is 4.27. The van der Waals surface area contributed by atoms with Gasteiger partial charge in [0, 0.05) is 24.0 Å². The summed E-state index contributed by atoms with van der Waals surface area (Å²) in [6.45, 7) is 3.93. The van der Waals surface area contributed by atoms with Gasteiger partial charge in [0.05, 0.1) is 0 Å². The maximum Gasteiger partial charge on any atom is 0.272 e. The van der Waals surface area contributed by atoms with Crippen LogP contribution in [0.5, 0.6) is 0 Å². The third kappa shape index (κ3) is 2.85. The number of aromatic amines is 1. The first-order chi connectivity index (χ1) is 8.54. The molecule has 0 aliphatic rings. The van der Waals surface area contributed by atoms with Crippen molar-refractivity contribution < 1.29 is 4.79 Å². The highest BCUT2D eigenvalue weighted by Gasteiger charge is 2.07. The summed E-state index contributed by atoms with van der Waals surface area (Å²) in [6, 6.07) is 8.43. The lowest BCUT2D eigenvalue weighted by Crippen LogP contribution is -2.16. The number of nitrogens with one attached hydrogen (secondary N) is 2. The largest absolute Gasteiger partial charge is 0.357 e. The molecule has 2 aromatic rings. The third-order valence-electron chi connectivity index (χ3n) is 2.50. The molecule has 1 heterocycles. The minimum atomic E-state index is -0.322. The number of hydrogen-bond donors (Lipinski definition) is 2. The number of aryl methyl sites for hydroxylation is 2. The van der Waals surface area contributed by atoms with E-state index in [-0.39, 0.29) is 17.0 Å². The fourth-order valence-corrected chi connectivity index (χ4v) is 1.82. The maximum absolute atomic E-state index is 11.9. The Morgan fingerprint density at radius 2 is 1.78 bits per heavy atom. The fraction of sp³-hybridized carbons (Fsp3) is 0.143. The molecule has 0 fully saturated rings. The lowest BCUT2D eigenvalue weighted by atomic mass is 10.1. The fourth-order valence-electron chi connectivity index (χ4n) is 1.82. The number of anilines is 1. The zero-order chi connectivity index (χ0) is 13.1. The van der Waals surface area contributed by atoms with E-state index in [2.05, 4.69) is 10.3 Å². The number of carbonyl (C=O) groups excluding carboxylic acids is 1. The first kappa shape index (κ1) is 12.1. The standard InChI is InChI=1S/C14H14N2O2/c1-9-5-10(2)7-11(6-9)16-14(18)13-8-12(17)3-4-15-13/h3-8H,1-2H3,(H,15,17)(H,16,18). The average Bonchev–Trinajstić information content (AvgIpc) is 2.27. The van der Waals surface area contributed by atoms with Crippen LogP contribution >= 0.6 is 0 Å². The monoisotopic (exact) mass is 242 g/mol. The van der Waals surface area contributed by atoms with Crippen molar-refractivity contribution in [2.75, 3.05) is 5.32 Å². The van der Waals surface area contributed by atoms with Gasteiger partial charge in [0.1, 0.15) is 5.69 Å². The zero-order valence-electron chi connectivity index (χ0n) is 10.3. The van der Waals surface area contributed by atoms with Crippen LogP contribution in [0, 0.1) is 13.8 Å². The molecule has 1 amide bonds. The summed E-state index contributed by atoms with van der Waals surface area (Å²) in [4.78, 5) is 25.8. The Bertz CT molecular complexity index is 624. The molecular weight excluding hydrogens is 228 g/mol. The smallest absolute Gasteiger partial charge is 0.272 e. The topological polar surface area (TPSA) is 62.0 Å². The second-order valence-corrected chi connectivity index (χ2v) is 4.27. The van der Waals surface area contributed by atoms with Crippen LogP contribution in [0.25, 0.3) is 0 Å². The summed E-state index contributed by atoms with van der Waals surface area (Å²) in [5, 5.41) is 2.76. The average molecular weight is 242 g/mol. The Morgan fingerprint density at radius 3 is 2.39 bits per heavy atom. The van der Waals surface area contributed by atoms with Crippen LogP contribution in [-0.4, -0.2) is 10.9 Å². The van der Waals surface area contributed by atoms with E-state index in [1.165, 1.54) is 18.3 Å². The summed E-state index contributed by atoms with van der Waals surface area (Å²) >= 11 is 0. The normalized spacial score (nSPS) is 10.1. The van der Waals surface area contributed by atoms with Gasteiger partial charge in [-0.05, 0) is 37.1 Å². The van der Waals surface area contributed by atoms with E-state index in [0.717, 1.165) is 16.8 Å². The maximum atomic E-state index is 11.9. The lowest BCUT2D eigenvalue weighted by molar-refractivity contribution is 0.102. The second kappa shape index (κ2) is 4.87. The molecule has 2 rings (SSSR count). The van der Waals surface area contributed by atoms with E-state index in [9.17, 15) is 9.59 Å². The highest BCUT2D eigenvalue weighted by Crippen LogP contribution is 2.14. The van der Waals surface area contributed by atoms with Gasteiger partial charge >= 0.3 is 0 Å². The van der Waals surface area contributed by atoms with Gasteiger partial charge in [-0.3, -0.25) is 9.59 Å². The Morgan fingerprint density at radius 1 is 1.11 bits per heavy atom. The van der Waals surface area contributed by atoms with Crippen molar-refractivity contribution in [3.63, 3.8) is 0 Å². The molecule has 2 N–H and O–H groups in total. The van der Waals surface area contributed by atoms with Crippen molar-refractivity contribution >= 4 is 11.6 Å². The molecule has 0 aliphatic heterocycles. The summed E-state index contributed by atoms with van der Waals surface area (Å²) < 4.78 is 0. The highest BCUT2D eigenvalue weighted by molar-refractivity contribution is 6.02. The van der Waals surface area contributed by atoms with Crippen LogP contribution in [0.1, 0.15) is 21.6 Å². The number of benzene rings is 1. The summed E-state index contributed by atoms with van der Waals surface area (Å²) in [6.07, 6.45) is 1.46. The van der Waals surface area contributed by atoms with Gasteiger partial charge in [0.15, 0.2) is 5.43 Å². The Labute approximate surface area is 105 Å². The van der Waals surface area contributed by atoms with Crippen molar-refractivity contribution in [3.8, 4) is 0 Å². The zero-order valence-corrected chi connectivity index (χ0v) is 10.3. The quantitative estimate of drug-likeness (QED) is 0.848. The molecule has 0 saturated heterocycles. The summed E-state index contributed by atoms with van der Waals surface area (Å²) in [5.74, 6) is -0.322. The van der Waals surface area contributed by atoms with Crippen LogP contribution < -0.4 is 10.7 Å². The van der Waals surface area contributed by atoms with Gasteiger partial charge in [-0.1, -0.05) is 6.07 Å². The number of rotatable bonds is 2. The van der Waals surface area contributed by atoms with Crippen LogP contribution in [0.3, 0.4) is 0 Å². The van der Waals surface area contributed by atoms with Crippen LogP contribution in [-0.2, 0) is 0 Å². The molecule has 4 heteroatoms. The Hall–Kier alpha value is -2.36. The van der Waals surface area contributed by atoms with Crippen molar-refractivity contribution in [2.24, 2.45) is 0 Å². The van der Waals surface area contributed by atoms with E-state index < -0.39 is 0 Å². The number of carbonyl (C=O) groups is 1. The van der Waals surface area contributed by atoms with Gasteiger partial charge in [-0.2, -0.15) is 0 Å². The predicted molar refractivity (Wildman–Crippen MR) is 70.9 cm³/mol. The molecule has 1 aromatic heterocycles. The number of pyridine rings is 1. The van der Waals surface area contributed by atoms with Gasteiger partial charge in [-0.25, -0.2) is 0 Å². The summed E-state index contributed by atoms with van der Waals surface area (Å²) in [5.41, 5.74) is 2.93. The molecular formula is C14H14N2O2. The number of aromatic nitrogens is 1. The molecule has 18 heavy (non-hydrogen) atoms. The van der Waals surface area contributed by atoms with Gasteiger partial charge in [0.25, 0.3) is 5.91 Å². The van der Waals surface area contributed by atoms with Gasteiger partial charge in [0.2, 0.25) is 0 Å². The van der Waals surface area contributed by atoms with Gasteiger partial charge in [-0.15, -0.1) is 0 Å². The molecule has 0 bridgehead atoms. The van der Waals surface area contributed by atoms with E-state index >= 15 is 0 Å². The van der Waals surface area contributed by atoms with Gasteiger partial charge < -0.3 is 10.3 Å². The molecule has 0 aliphatic carbocycles. The predicted octanol–water partition coefficient (Wildman–Crippen LogP) is 2.24. The van der Waals surface area contributed by atoms with Crippen molar-refractivity contribution in [3.05, 3.63) is 63.6 Å². The number of amides is 1. The Balaban J connectivity index is 2.24. The molecule has 0 radical (unpaired) electrons. The molecule has 0 atom stereocenters. The molecule has 0 unspecified atom stereocenters. The van der Waals surface area contributed by atoms with Crippen molar-refractivity contribution in [1.82, 2.24) is 4.98 Å². The minimum absolute atomic E-state index is 0.195. The van der Waals surface area contributed by atoms with E-state index in [1.807, 2.05) is 32.0 Å². The third-order valence-corrected chi connectivity index (χ3v) is 2.50.